The minimum atomic E-state index is -0.563. The maximum Gasteiger partial charge on any atom is 0.340 e. The first kappa shape index (κ1) is 17.8. The monoisotopic (exact) mass is 302 g/mol. The van der Waals surface area contributed by atoms with E-state index in [1.165, 1.54) is 0 Å². The lowest BCUT2D eigenvalue weighted by Gasteiger charge is -2.13. The van der Waals surface area contributed by atoms with Crippen LogP contribution in [-0.2, 0) is 9.47 Å². The van der Waals surface area contributed by atoms with Gasteiger partial charge in [0.25, 0.3) is 0 Å². The fourth-order valence-corrected chi connectivity index (χ4v) is 1.73. The van der Waals surface area contributed by atoms with Crippen molar-refractivity contribution in [2.75, 3.05) is 6.61 Å². The van der Waals surface area contributed by atoms with Gasteiger partial charge in [0.15, 0.2) is 6.10 Å². The van der Waals surface area contributed by atoms with Crippen LogP contribution in [0.5, 0.6) is 0 Å². The Kier molecular flexibility index (Phi) is 7.18. The number of carbonyl (C=O) groups is 2. The number of carbonyl (C=O) groups excluding carboxylic acids is 2. The summed E-state index contributed by atoms with van der Waals surface area (Å²) in [4.78, 5) is 24.4. The number of rotatable bonds is 6. The molecule has 1 aromatic carbocycles. The molecule has 22 heavy (non-hydrogen) atoms. The Morgan fingerprint density at radius 1 is 1.14 bits per heavy atom. The maximum atomic E-state index is 12.3. The average Bonchev–Trinajstić information content (AvgIpc) is 2.51. The Morgan fingerprint density at radius 2 is 1.73 bits per heavy atom. The molecular formula is C18H22O4. The summed E-state index contributed by atoms with van der Waals surface area (Å²) in [5.74, 6) is 4.69. The highest BCUT2D eigenvalue weighted by Crippen LogP contribution is 2.14. The van der Waals surface area contributed by atoms with Crippen LogP contribution in [0.2, 0.25) is 0 Å². The van der Waals surface area contributed by atoms with E-state index in [-0.39, 0.29) is 17.0 Å². The van der Waals surface area contributed by atoms with E-state index in [2.05, 4.69) is 11.8 Å². The first-order valence-corrected chi connectivity index (χ1v) is 7.39. The van der Waals surface area contributed by atoms with E-state index in [4.69, 9.17) is 9.47 Å². The molecule has 0 aromatic heterocycles. The zero-order chi connectivity index (χ0) is 16.5. The van der Waals surface area contributed by atoms with Crippen molar-refractivity contribution in [2.24, 2.45) is 5.92 Å². The maximum absolute atomic E-state index is 12.3. The molecule has 0 fully saturated rings. The first-order valence-electron chi connectivity index (χ1n) is 7.39. The van der Waals surface area contributed by atoms with Gasteiger partial charge in [-0.25, -0.2) is 9.59 Å². The van der Waals surface area contributed by atoms with Gasteiger partial charge in [-0.1, -0.05) is 38.8 Å². The molecule has 0 saturated carbocycles. The van der Waals surface area contributed by atoms with Crippen LogP contribution in [-0.4, -0.2) is 24.6 Å². The first-order chi connectivity index (χ1) is 10.5. The van der Waals surface area contributed by atoms with E-state index in [1.54, 1.807) is 31.2 Å². The lowest BCUT2D eigenvalue weighted by Crippen LogP contribution is -2.19. The van der Waals surface area contributed by atoms with E-state index >= 15 is 0 Å². The number of hydrogen-bond donors (Lipinski definition) is 0. The molecule has 1 atom stereocenters. The van der Waals surface area contributed by atoms with Crippen molar-refractivity contribution in [1.82, 2.24) is 0 Å². The SMILES string of the molecule is CC#CC(CC)OC(=O)c1ccccc1C(=O)OCC(C)C. The number of hydrogen-bond acceptors (Lipinski definition) is 4. The standard InChI is InChI=1S/C18H22O4/c1-5-9-14(6-2)22-18(20)16-11-8-7-10-15(16)17(19)21-12-13(3)4/h7-8,10-11,13-14H,6,12H2,1-4H3. The largest absolute Gasteiger partial charge is 0.462 e. The Morgan fingerprint density at radius 3 is 2.23 bits per heavy atom. The van der Waals surface area contributed by atoms with Crippen molar-refractivity contribution in [3.05, 3.63) is 35.4 Å². The molecule has 0 radical (unpaired) electrons. The predicted octanol–water partition coefficient (Wildman–Crippen LogP) is 3.46. The minimum absolute atomic E-state index is 0.201. The molecule has 0 aliphatic carbocycles. The van der Waals surface area contributed by atoms with E-state index in [9.17, 15) is 9.59 Å². The fraction of sp³-hybridized carbons (Fsp3) is 0.444. The Labute approximate surface area is 131 Å². The smallest absolute Gasteiger partial charge is 0.340 e. The highest BCUT2D eigenvalue weighted by molar-refractivity contribution is 6.03. The van der Waals surface area contributed by atoms with Crippen LogP contribution in [0.25, 0.3) is 0 Å². The second-order valence-corrected chi connectivity index (χ2v) is 5.23. The number of esters is 2. The zero-order valence-corrected chi connectivity index (χ0v) is 13.5. The minimum Gasteiger partial charge on any atom is -0.462 e. The van der Waals surface area contributed by atoms with Gasteiger partial charge in [0.2, 0.25) is 0 Å². The highest BCUT2D eigenvalue weighted by Gasteiger charge is 2.21. The van der Waals surface area contributed by atoms with Crippen LogP contribution in [0.1, 0.15) is 54.8 Å². The molecule has 1 unspecified atom stereocenters. The summed E-state index contributed by atoms with van der Waals surface area (Å²) in [5, 5.41) is 0. The van der Waals surface area contributed by atoms with Gasteiger partial charge in [-0.05, 0) is 31.4 Å². The fourth-order valence-electron chi connectivity index (χ4n) is 1.73. The van der Waals surface area contributed by atoms with Gasteiger partial charge < -0.3 is 9.47 Å². The Balaban J connectivity index is 2.92. The molecule has 0 saturated heterocycles. The number of benzene rings is 1. The van der Waals surface area contributed by atoms with E-state index in [0.717, 1.165) is 0 Å². The summed E-state index contributed by atoms with van der Waals surface area (Å²) in [6, 6.07) is 6.49. The summed E-state index contributed by atoms with van der Waals surface area (Å²) >= 11 is 0. The molecule has 0 aliphatic heterocycles. The topological polar surface area (TPSA) is 52.6 Å². The van der Waals surface area contributed by atoms with Crippen molar-refractivity contribution in [3.63, 3.8) is 0 Å². The van der Waals surface area contributed by atoms with Crippen LogP contribution in [0.3, 0.4) is 0 Å². The number of ether oxygens (including phenoxy) is 2. The molecule has 4 heteroatoms. The normalized spacial score (nSPS) is 11.3. The van der Waals surface area contributed by atoms with Gasteiger partial charge in [-0.3, -0.25) is 0 Å². The summed E-state index contributed by atoms with van der Waals surface area (Å²) < 4.78 is 10.5. The molecule has 0 aliphatic rings. The molecule has 0 heterocycles. The van der Waals surface area contributed by atoms with Crippen LogP contribution >= 0.6 is 0 Å². The second kappa shape index (κ2) is 8.89. The Hall–Kier alpha value is -2.28. The van der Waals surface area contributed by atoms with Gasteiger partial charge in [0, 0.05) is 0 Å². The Bertz CT molecular complexity index is 578. The van der Waals surface area contributed by atoms with E-state index < -0.39 is 18.0 Å². The molecule has 0 bridgehead atoms. The quantitative estimate of drug-likeness (QED) is 0.596. The van der Waals surface area contributed by atoms with E-state index in [0.29, 0.717) is 13.0 Å². The van der Waals surface area contributed by atoms with Crippen LogP contribution in [0.15, 0.2) is 24.3 Å². The van der Waals surface area contributed by atoms with Crippen molar-refractivity contribution in [1.29, 1.82) is 0 Å². The molecule has 1 rings (SSSR count). The van der Waals surface area contributed by atoms with Gasteiger partial charge in [0.05, 0.1) is 17.7 Å². The molecule has 1 aromatic rings. The summed E-state index contributed by atoms with van der Waals surface area (Å²) in [6.45, 7) is 7.77. The zero-order valence-electron chi connectivity index (χ0n) is 13.5. The molecule has 118 valence electrons. The lowest BCUT2D eigenvalue weighted by molar-refractivity contribution is 0.0377. The average molecular weight is 302 g/mol. The summed E-state index contributed by atoms with van der Waals surface area (Å²) in [7, 11) is 0. The van der Waals surface area contributed by atoms with Crippen molar-refractivity contribution >= 4 is 11.9 Å². The van der Waals surface area contributed by atoms with Gasteiger partial charge in [-0.15, -0.1) is 5.92 Å². The van der Waals surface area contributed by atoms with Gasteiger partial charge in [-0.2, -0.15) is 0 Å². The molecule has 4 nitrogen and oxygen atoms in total. The third-order valence-corrected chi connectivity index (χ3v) is 2.84. The second-order valence-electron chi connectivity index (χ2n) is 5.23. The predicted molar refractivity (Wildman–Crippen MR) is 84.5 cm³/mol. The molecule has 0 N–H and O–H groups in total. The molecule has 0 amide bonds. The lowest BCUT2D eigenvalue weighted by atomic mass is 10.1. The van der Waals surface area contributed by atoms with Crippen molar-refractivity contribution in [2.45, 2.75) is 40.2 Å². The highest BCUT2D eigenvalue weighted by atomic mass is 16.5. The third-order valence-electron chi connectivity index (χ3n) is 2.84. The van der Waals surface area contributed by atoms with Crippen LogP contribution in [0.4, 0.5) is 0 Å². The van der Waals surface area contributed by atoms with Crippen molar-refractivity contribution < 1.29 is 19.1 Å². The summed E-state index contributed by atoms with van der Waals surface area (Å²) in [5.41, 5.74) is 0.417. The van der Waals surface area contributed by atoms with Gasteiger partial charge in [0.1, 0.15) is 0 Å². The van der Waals surface area contributed by atoms with E-state index in [1.807, 2.05) is 20.8 Å². The third kappa shape index (κ3) is 5.25. The van der Waals surface area contributed by atoms with Gasteiger partial charge >= 0.3 is 11.9 Å². The van der Waals surface area contributed by atoms with Crippen LogP contribution in [0, 0.1) is 17.8 Å². The molecule has 0 spiro atoms. The molecular weight excluding hydrogens is 280 g/mol. The van der Waals surface area contributed by atoms with Crippen LogP contribution < -0.4 is 0 Å². The summed E-state index contributed by atoms with van der Waals surface area (Å²) in [6.07, 6.45) is 0.115. The van der Waals surface area contributed by atoms with Crippen molar-refractivity contribution in [3.8, 4) is 11.8 Å².